The zero-order chi connectivity index (χ0) is 13.1. The van der Waals surface area contributed by atoms with Crippen LogP contribution in [-0.4, -0.2) is 31.0 Å². The second-order valence-corrected chi connectivity index (χ2v) is 4.70. The van der Waals surface area contributed by atoms with Gasteiger partial charge in [0.15, 0.2) is 0 Å². The summed E-state index contributed by atoms with van der Waals surface area (Å²) in [6.07, 6.45) is 0.871. The van der Waals surface area contributed by atoms with E-state index >= 15 is 0 Å². The van der Waals surface area contributed by atoms with Crippen LogP contribution in [0.4, 0.5) is 0 Å². The SMILES string of the molecule is COc1ccc(C(C)N2CC[C@@H](CN)C2=O)cc1. The van der Waals surface area contributed by atoms with Crippen molar-refractivity contribution >= 4 is 5.91 Å². The fourth-order valence-electron chi connectivity index (χ4n) is 2.43. The molecule has 1 fully saturated rings. The molecule has 1 unspecified atom stereocenters. The monoisotopic (exact) mass is 248 g/mol. The largest absolute Gasteiger partial charge is 0.497 e. The summed E-state index contributed by atoms with van der Waals surface area (Å²) < 4.78 is 5.13. The maximum atomic E-state index is 12.1. The first kappa shape index (κ1) is 12.9. The van der Waals surface area contributed by atoms with E-state index in [2.05, 4.69) is 6.92 Å². The Balaban J connectivity index is 2.11. The molecule has 1 aliphatic heterocycles. The predicted octanol–water partition coefficient (Wildman–Crippen LogP) is 1.56. The Kier molecular flexibility index (Phi) is 3.87. The number of rotatable bonds is 4. The molecule has 18 heavy (non-hydrogen) atoms. The number of nitrogens with zero attached hydrogens (tertiary/aromatic N) is 1. The number of likely N-dealkylation sites (tertiary alicyclic amines) is 1. The highest BCUT2D eigenvalue weighted by Crippen LogP contribution is 2.28. The highest BCUT2D eigenvalue weighted by Gasteiger charge is 2.33. The molecular weight excluding hydrogens is 228 g/mol. The summed E-state index contributed by atoms with van der Waals surface area (Å²) >= 11 is 0. The minimum absolute atomic E-state index is 0.00528. The third-order valence-corrected chi connectivity index (χ3v) is 3.70. The summed E-state index contributed by atoms with van der Waals surface area (Å²) in [5.74, 6) is 1.02. The van der Waals surface area contributed by atoms with Gasteiger partial charge in [-0.2, -0.15) is 0 Å². The van der Waals surface area contributed by atoms with Gasteiger partial charge in [-0.25, -0.2) is 0 Å². The first-order valence-corrected chi connectivity index (χ1v) is 6.32. The van der Waals surface area contributed by atoms with E-state index in [1.54, 1.807) is 7.11 Å². The Hall–Kier alpha value is -1.55. The van der Waals surface area contributed by atoms with Crippen LogP contribution in [0.2, 0.25) is 0 Å². The van der Waals surface area contributed by atoms with E-state index in [9.17, 15) is 4.79 Å². The minimum atomic E-state index is 0.00528. The van der Waals surface area contributed by atoms with E-state index in [0.717, 1.165) is 24.3 Å². The van der Waals surface area contributed by atoms with Gasteiger partial charge in [-0.3, -0.25) is 4.79 Å². The van der Waals surface area contributed by atoms with Crippen LogP contribution in [0, 0.1) is 5.92 Å². The van der Waals surface area contributed by atoms with Gasteiger partial charge in [0.1, 0.15) is 5.75 Å². The van der Waals surface area contributed by atoms with Crippen molar-refractivity contribution in [3.05, 3.63) is 29.8 Å². The number of ether oxygens (including phenoxy) is 1. The number of nitrogens with two attached hydrogens (primary N) is 1. The molecule has 0 aromatic heterocycles. The first-order valence-electron chi connectivity index (χ1n) is 6.32. The maximum absolute atomic E-state index is 12.1. The summed E-state index contributed by atoms with van der Waals surface area (Å²) in [6, 6.07) is 7.96. The van der Waals surface area contributed by atoms with Crippen molar-refractivity contribution in [2.75, 3.05) is 20.2 Å². The average Bonchev–Trinajstić information content (AvgIpc) is 2.79. The number of carbonyl (C=O) groups is 1. The zero-order valence-electron chi connectivity index (χ0n) is 10.9. The van der Waals surface area contributed by atoms with Crippen LogP contribution in [-0.2, 0) is 4.79 Å². The molecular formula is C14H20N2O2. The van der Waals surface area contributed by atoms with Crippen LogP contribution >= 0.6 is 0 Å². The molecule has 4 nitrogen and oxygen atoms in total. The molecule has 2 N–H and O–H groups in total. The van der Waals surface area contributed by atoms with Gasteiger partial charge in [0.05, 0.1) is 19.1 Å². The third kappa shape index (κ3) is 2.34. The van der Waals surface area contributed by atoms with Crippen molar-refractivity contribution < 1.29 is 9.53 Å². The first-order chi connectivity index (χ1) is 8.67. The Morgan fingerprint density at radius 2 is 2.11 bits per heavy atom. The van der Waals surface area contributed by atoms with Crippen molar-refractivity contribution in [1.82, 2.24) is 4.90 Å². The lowest BCUT2D eigenvalue weighted by atomic mass is 10.1. The van der Waals surface area contributed by atoms with Gasteiger partial charge in [-0.1, -0.05) is 12.1 Å². The van der Waals surface area contributed by atoms with E-state index in [1.807, 2.05) is 29.2 Å². The summed E-state index contributed by atoms with van der Waals surface area (Å²) in [7, 11) is 1.65. The van der Waals surface area contributed by atoms with Gasteiger partial charge in [-0.05, 0) is 31.0 Å². The van der Waals surface area contributed by atoms with Crippen LogP contribution in [0.25, 0.3) is 0 Å². The molecule has 0 aliphatic carbocycles. The van der Waals surface area contributed by atoms with Crippen molar-refractivity contribution in [3.63, 3.8) is 0 Å². The Morgan fingerprint density at radius 3 is 2.61 bits per heavy atom. The van der Waals surface area contributed by atoms with Crippen LogP contribution in [0.1, 0.15) is 24.9 Å². The van der Waals surface area contributed by atoms with Gasteiger partial charge in [-0.15, -0.1) is 0 Å². The van der Waals surface area contributed by atoms with Crippen molar-refractivity contribution in [1.29, 1.82) is 0 Å². The standard InChI is InChI=1S/C14H20N2O2/c1-10(11-3-5-13(18-2)6-4-11)16-8-7-12(9-15)14(16)17/h3-6,10,12H,7-9,15H2,1-2H3/t10?,12-/m0/s1. The second-order valence-electron chi connectivity index (χ2n) is 4.70. The topological polar surface area (TPSA) is 55.6 Å². The smallest absolute Gasteiger partial charge is 0.227 e. The lowest BCUT2D eigenvalue weighted by Crippen LogP contribution is -2.32. The molecule has 1 amide bonds. The molecule has 1 aromatic carbocycles. The Bertz CT molecular complexity index is 416. The van der Waals surface area contributed by atoms with Crippen LogP contribution in [0.15, 0.2) is 24.3 Å². The molecule has 1 aromatic rings. The normalized spacial score (nSPS) is 21.2. The molecule has 1 aliphatic rings. The highest BCUT2D eigenvalue weighted by molar-refractivity contribution is 5.81. The van der Waals surface area contributed by atoms with E-state index in [4.69, 9.17) is 10.5 Å². The molecule has 2 rings (SSSR count). The number of hydrogen-bond acceptors (Lipinski definition) is 3. The van der Waals surface area contributed by atoms with Crippen molar-refractivity contribution in [2.24, 2.45) is 11.7 Å². The molecule has 1 heterocycles. The van der Waals surface area contributed by atoms with Gasteiger partial charge >= 0.3 is 0 Å². The molecule has 0 spiro atoms. The highest BCUT2D eigenvalue weighted by atomic mass is 16.5. The summed E-state index contributed by atoms with van der Waals surface area (Å²) in [5, 5.41) is 0. The van der Waals surface area contributed by atoms with Gasteiger partial charge < -0.3 is 15.4 Å². The van der Waals surface area contributed by atoms with E-state index in [-0.39, 0.29) is 17.9 Å². The third-order valence-electron chi connectivity index (χ3n) is 3.70. The molecule has 98 valence electrons. The molecule has 2 atom stereocenters. The molecule has 0 radical (unpaired) electrons. The predicted molar refractivity (Wildman–Crippen MR) is 70.3 cm³/mol. The second kappa shape index (κ2) is 5.40. The Labute approximate surface area is 108 Å². The molecule has 0 saturated carbocycles. The lowest BCUT2D eigenvalue weighted by molar-refractivity contribution is -0.132. The number of amides is 1. The fraction of sp³-hybridized carbons (Fsp3) is 0.500. The summed E-state index contributed by atoms with van der Waals surface area (Å²) in [5.41, 5.74) is 6.73. The minimum Gasteiger partial charge on any atom is -0.497 e. The van der Waals surface area contributed by atoms with Crippen molar-refractivity contribution in [2.45, 2.75) is 19.4 Å². The maximum Gasteiger partial charge on any atom is 0.227 e. The molecule has 1 saturated heterocycles. The molecule has 4 heteroatoms. The average molecular weight is 248 g/mol. The molecule has 0 bridgehead atoms. The van der Waals surface area contributed by atoms with Crippen LogP contribution in [0.3, 0.4) is 0 Å². The fourth-order valence-corrected chi connectivity index (χ4v) is 2.43. The Morgan fingerprint density at radius 1 is 1.44 bits per heavy atom. The quantitative estimate of drug-likeness (QED) is 0.879. The zero-order valence-corrected chi connectivity index (χ0v) is 10.9. The van der Waals surface area contributed by atoms with Gasteiger partial charge in [0, 0.05) is 13.1 Å². The van der Waals surface area contributed by atoms with Gasteiger partial charge in [0.2, 0.25) is 5.91 Å². The van der Waals surface area contributed by atoms with Crippen LogP contribution < -0.4 is 10.5 Å². The van der Waals surface area contributed by atoms with Crippen molar-refractivity contribution in [3.8, 4) is 5.75 Å². The number of carbonyl (C=O) groups excluding carboxylic acids is 1. The van der Waals surface area contributed by atoms with Crippen LogP contribution in [0.5, 0.6) is 5.75 Å². The van der Waals surface area contributed by atoms with E-state index < -0.39 is 0 Å². The summed E-state index contributed by atoms with van der Waals surface area (Å²) in [6.45, 7) is 3.30. The number of hydrogen-bond donors (Lipinski definition) is 1. The lowest BCUT2D eigenvalue weighted by Gasteiger charge is -2.25. The number of benzene rings is 1. The number of methoxy groups -OCH3 is 1. The van der Waals surface area contributed by atoms with Gasteiger partial charge in [0.25, 0.3) is 0 Å². The van der Waals surface area contributed by atoms with E-state index in [1.165, 1.54) is 0 Å². The van der Waals surface area contributed by atoms with E-state index in [0.29, 0.717) is 6.54 Å². The summed E-state index contributed by atoms with van der Waals surface area (Å²) in [4.78, 5) is 14.0.